The Labute approximate surface area is 137 Å². The first-order valence-electron chi connectivity index (χ1n) is 7.19. The Morgan fingerprint density at radius 3 is 2.78 bits per heavy atom. The number of aryl methyl sites for hydroxylation is 1. The van der Waals surface area contributed by atoms with Gasteiger partial charge in [0, 0.05) is 19.7 Å². The average Bonchev–Trinajstić information content (AvgIpc) is 3.02. The molecule has 1 saturated heterocycles. The maximum atomic E-state index is 13.2. The van der Waals surface area contributed by atoms with E-state index in [1.807, 2.05) is 6.20 Å². The highest BCUT2D eigenvalue weighted by atomic mass is 35.5. The number of benzene rings is 1. The van der Waals surface area contributed by atoms with E-state index in [0.717, 1.165) is 5.56 Å². The van der Waals surface area contributed by atoms with Crippen LogP contribution in [0.4, 0.5) is 4.39 Å². The van der Waals surface area contributed by atoms with Crippen molar-refractivity contribution < 1.29 is 14.0 Å². The minimum atomic E-state index is -0.524. The van der Waals surface area contributed by atoms with Gasteiger partial charge in [0.05, 0.1) is 23.7 Å². The molecule has 0 spiro atoms. The summed E-state index contributed by atoms with van der Waals surface area (Å²) in [6.07, 6.45) is 4.20. The van der Waals surface area contributed by atoms with Gasteiger partial charge in [0.15, 0.2) is 0 Å². The molecule has 2 heterocycles. The van der Waals surface area contributed by atoms with E-state index in [-0.39, 0.29) is 35.7 Å². The third-order valence-electron chi connectivity index (χ3n) is 3.90. The lowest BCUT2D eigenvalue weighted by molar-refractivity contribution is -0.140. The monoisotopic (exact) mass is 335 g/mol. The second-order valence-electron chi connectivity index (χ2n) is 5.69. The fourth-order valence-corrected chi connectivity index (χ4v) is 2.96. The number of imide groups is 1. The summed E-state index contributed by atoms with van der Waals surface area (Å²) in [6.45, 7) is 0.112. The van der Waals surface area contributed by atoms with Gasteiger partial charge in [-0.1, -0.05) is 17.7 Å². The number of hydrogen-bond donors (Lipinski definition) is 0. The zero-order chi connectivity index (χ0) is 16.6. The van der Waals surface area contributed by atoms with Crippen LogP contribution in [0, 0.1) is 11.7 Å². The molecule has 0 saturated carbocycles. The summed E-state index contributed by atoms with van der Waals surface area (Å²) in [6, 6.07) is 4.19. The molecule has 1 fully saturated rings. The van der Waals surface area contributed by atoms with Gasteiger partial charge < -0.3 is 0 Å². The number of halogens is 2. The minimum absolute atomic E-state index is 0.0199. The Bertz CT molecular complexity index is 774. The van der Waals surface area contributed by atoms with E-state index in [1.54, 1.807) is 17.9 Å². The van der Waals surface area contributed by atoms with Gasteiger partial charge in [0.25, 0.3) is 0 Å². The van der Waals surface area contributed by atoms with E-state index in [2.05, 4.69) is 5.10 Å². The van der Waals surface area contributed by atoms with Crippen molar-refractivity contribution in [3.05, 3.63) is 52.6 Å². The van der Waals surface area contributed by atoms with Crippen LogP contribution in [0.15, 0.2) is 30.6 Å². The number of aromatic nitrogens is 2. The molecule has 0 aliphatic carbocycles. The maximum Gasteiger partial charge on any atom is 0.233 e. The fraction of sp³-hybridized carbons (Fsp3) is 0.312. The Morgan fingerprint density at radius 2 is 2.13 bits per heavy atom. The molecular weight excluding hydrogens is 321 g/mol. The smallest absolute Gasteiger partial charge is 0.233 e. The van der Waals surface area contributed by atoms with E-state index < -0.39 is 5.82 Å². The second kappa shape index (κ2) is 6.12. The molecule has 3 rings (SSSR count). The average molecular weight is 336 g/mol. The minimum Gasteiger partial charge on any atom is -0.278 e. The fourth-order valence-electron chi connectivity index (χ4n) is 2.76. The van der Waals surface area contributed by atoms with E-state index >= 15 is 0 Å². The van der Waals surface area contributed by atoms with Crippen LogP contribution in [0.5, 0.6) is 0 Å². The molecule has 1 aliphatic rings. The number of hydrogen-bond acceptors (Lipinski definition) is 3. The lowest BCUT2D eigenvalue weighted by Crippen LogP contribution is -2.30. The van der Waals surface area contributed by atoms with Gasteiger partial charge in [-0.15, -0.1) is 0 Å². The predicted molar refractivity (Wildman–Crippen MR) is 82.0 cm³/mol. The number of carbonyl (C=O) groups excluding carboxylic acids is 2. The van der Waals surface area contributed by atoms with E-state index in [9.17, 15) is 14.0 Å². The molecule has 0 unspecified atom stereocenters. The van der Waals surface area contributed by atoms with Crippen molar-refractivity contribution in [2.24, 2.45) is 13.0 Å². The van der Waals surface area contributed by atoms with Crippen LogP contribution in [0.3, 0.4) is 0 Å². The lowest BCUT2D eigenvalue weighted by atomic mass is 10.0. The number of nitrogens with zero attached hydrogens (tertiary/aromatic N) is 3. The van der Waals surface area contributed by atoms with Crippen LogP contribution >= 0.6 is 11.6 Å². The third kappa shape index (κ3) is 3.27. The summed E-state index contributed by atoms with van der Waals surface area (Å²) in [5, 5.41) is 4.04. The molecule has 23 heavy (non-hydrogen) atoms. The number of amides is 2. The van der Waals surface area contributed by atoms with Crippen molar-refractivity contribution in [1.82, 2.24) is 14.7 Å². The summed E-state index contributed by atoms with van der Waals surface area (Å²) in [5.41, 5.74) is 1.55. The normalized spacial score (nSPS) is 18.0. The highest BCUT2D eigenvalue weighted by molar-refractivity contribution is 6.30. The SMILES string of the molecule is Cn1cc(C[C@H]2CC(=O)N(Cc3ccc(F)c(Cl)c3)C2=O)cn1. The number of likely N-dealkylation sites (tertiary alicyclic amines) is 1. The molecule has 1 aromatic heterocycles. The molecule has 0 radical (unpaired) electrons. The van der Waals surface area contributed by atoms with Crippen molar-refractivity contribution in [2.45, 2.75) is 19.4 Å². The first-order valence-corrected chi connectivity index (χ1v) is 7.57. The van der Waals surface area contributed by atoms with Crippen molar-refractivity contribution in [2.75, 3.05) is 0 Å². The third-order valence-corrected chi connectivity index (χ3v) is 4.19. The zero-order valence-electron chi connectivity index (χ0n) is 12.5. The highest BCUT2D eigenvalue weighted by Crippen LogP contribution is 2.26. The van der Waals surface area contributed by atoms with E-state index in [1.165, 1.54) is 23.1 Å². The van der Waals surface area contributed by atoms with E-state index in [4.69, 9.17) is 11.6 Å². The van der Waals surface area contributed by atoms with Gasteiger partial charge in [-0.3, -0.25) is 19.2 Å². The summed E-state index contributed by atoms with van der Waals surface area (Å²) in [4.78, 5) is 25.8. The molecular formula is C16H15ClFN3O2. The Kier molecular flexibility index (Phi) is 4.17. The molecule has 1 aliphatic heterocycles. The maximum absolute atomic E-state index is 13.2. The summed E-state index contributed by atoms with van der Waals surface area (Å²) in [5.74, 6) is -1.32. The molecule has 0 N–H and O–H groups in total. The van der Waals surface area contributed by atoms with Gasteiger partial charge in [-0.25, -0.2) is 4.39 Å². The quantitative estimate of drug-likeness (QED) is 0.806. The standard InChI is InChI=1S/C16H15ClFN3O2/c1-20-8-11(7-19-20)4-12-6-15(22)21(16(12)23)9-10-2-3-14(18)13(17)5-10/h2-3,5,7-8,12H,4,6,9H2,1H3/t12-/m0/s1. The Hall–Kier alpha value is -2.21. The van der Waals surface area contributed by atoms with Crippen LogP contribution in [0.25, 0.3) is 0 Å². The topological polar surface area (TPSA) is 55.2 Å². The van der Waals surface area contributed by atoms with Crippen LogP contribution in [-0.4, -0.2) is 26.5 Å². The zero-order valence-corrected chi connectivity index (χ0v) is 13.3. The summed E-state index contributed by atoms with van der Waals surface area (Å²) in [7, 11) is 1.80. The van der Waals surface area contributed by atoms with Crippen molar-refractivity contribution in [1.29, 1.82) is 0 Å². The first kappa shape index (κ1) is 15.7. The van der Waals surface area contributed by atoms with Crippen LogP contribution in [0.1, 0.15) is 17.5 Å². The Morgan fingerprint density at radius 1 is 1.35 bits per heavy atom. The molecule has 5 nitrogen and oxygen atoms in total. The summed E-state index contributed by atoms with van der Waals surface area (Å²) >= 11 is 5.74. The number of carbonyl (C=O) groups is 2. The molecule has 120 valence electrons. The van der Waals surface area contributed by atoms with Crippen molar-refractivity contribution in [3.63, 3.8) is 0 Å². The van der Waals surface area contributed by atoms with Gasteiger partial charge in [0.2, 0.25) is 11.8 Å². The van der Waals surface area contributed by atoms with E-state index in [0.29, 0.717) is 12.0 Å². The largest absolute Gasteiger partial charge is 0.278 e. The Balaban J connectivity index is 1.72. The summed E-state index contributed by atoms with van der Waals surface area (Å²) < 4.78 is 14.8. The van der Waals surface area contributed by atoms with Gasteiger partial charge in [-0.05, 0) is 29.7 Å². The first-order chi connectivity index (χ1) is 10.9. The second-order valence-corrected chi connectivity index (χ2v) is 6.10. The lowest BCUT2D eigenvalue weighted by Gasteiger charge is -2.15. The van der Waals surface area contributed by atoms with Crippen LogP contribution in [-0.2, 0) is 29.6 Å². The highest BCUT2D eigenvalue weighted by Gasteiger charge is 2.38. The van der Waals surface area contributed by atoms with Gasteiger partial charge in [-0.2, -0.15) is 5.10 Å². The van der Waals surface area contributed by atoms with Gasteiger partial charge >= 0.3 is 0 Å². The molecule has 1 atom stereocenters. The van der Waals surface area contributed by atoms with Crippen molar-refractivity contribution in [3.8, 4) is 0 Å². The van der Waals surface area contributed by atoms with Crippen LogP contribution in [0.2, 0.25) is 5.02 Å². The van der Waals surface area contributed by atoms with Gasteiger partial charge in [0.1, 0.15) is 5.82 Å². The molecule has 1 aromatic carbocycles. The predicted octanol–water partition coefficient (Wildman–Crippen LogP) is 2.33. The van der Waals surface area contributed by atoms with Crippen molar-refractivity contribution >= 4 is 23.4 Å². The molecule has 0 bridgehead atoms. The molecule has 2 amide bonds. The molecule has 7 heteroatoms. The number of rotatable bonds is 4. The van der Waals surface area contributed by atoms with Crippen LogP contribution < -0.4 is 0 Å². The molecule has 2 aromatic rings.